The molecule has 11 aromatic rings. The molecule has 0 unspecified atom stereocenters. The third kappa shape index (κ3) is 5.20. The van der Waals surface area contributed by atoms with Gasteiger partial charge in [-0.25, -0.2) is 9.97 Å². The molecule has 0 bridgehead atoms. The van der Waals surface area contributed by atoms with Crippen LogP contribution in [-0.4, -0.2) is 14.4 Å². The Bertz CT molecular complexity index is 3120. The summed E-state index contributed by atoms with van der Waals surface area (Å²) in [6.45, 7) is 0. The van der Waals surface area contributed by atoms with Crippen LogP contribution in [0, 0.1) is 0 Å². The highest BCUT2D eigenvalue weighted by Crippen LogP contribution is 2.43. The monoisotopic (exact) mass is 699 g/mol. The number of para-hydroxylation sites is 1. The van der Waals surface area contributed by atoms with E-state index >= 15 is 0 Å². The smallest absolute Gasteiger partial charge is 0.160 e. The summed E-state index contributed by atoms with van der Waals surface area (Å²) in [5.74, 6) is 0.715. The van der Waals surface area contributed by atoms with Crippen molar-refractivity contribution in [2.24, 2.45) is 0 Å². The minimum Gasteiger partial charge on any atom is -0.308 e. The van der Waals surface area contributed by atoms with Gasteiger partial charge in [-0.1, -0.05) is 170 Å². The van der Waals surface area contributed by atoms with Crippen molar-refractivity contribution >= 4 is 38.1 Å². The molecule has 3 nitrogen and oxygen atoms in total. The first kappa shape index (κ1) is 31.2. The van der Waals surface area contributed by atoms with Gasteiger partial charge in [-0.3, -0.25) is 0 Å². The molecule has 0 atom stereocenters. The van der Waals surface area contributed by atoms with Crippen LogP contribution in [0.3, 0.4) is 0 Å². The van der Waals surface area contributed by atoms with Crippen molar-refractivity contribution in [1.82, 2.24) is 14.4 Å². The standard InChI is InChI=1S/C52H33N3/c1-4-14-34(15-5-1)42-24-13-27-48-50(42)45-26-12-25-44-43-29-28-40(32-49(43)55(48)51(44)45)38-21-10-20-37(30-38)39-22-11-23-41(31-39)47-33-46(35-16-6-2-7-17-35)53-52(54-47)36-18-8-3-9-19-36/h1-33H. The molecule has 3 heterocycles. The topological polar surface area (TPSA) is 30.2 Å². The molecule has 0 fully saturated rings. The molecular weight excluding hydrogens is 667 g/mol. The molecule has 256 valence electrons. The van der Waals surface area contributed by atoms with Crippen molar-refractivity contribution in [2.45, 2.75) is 0 Å². The number of nitrogens with zero attached hydrogens (tertiary/aromatic N) is 3. The van der Waals surface area contributed by atoms with Gasteiger partial charge in [0.1, 0.15) is 0 Å². The van der Waals surface area contributed by atoms with Crippen LogP contribution in [0.15, 0.2) is 200 Å². The van der Waals surface area contributed by atoms with Crippen molar-refractivity contribution in [2.75, 3.05) is 0 Å². The van der Waals surface area contributed by atoms with Gasteiger partial charge in [0.05, 0.1) is 27.9 Å². The van der Waals surface area contributed by atoms with Crippen LogP contribution in [0.5, 0.6) is 0 Å². The molecular formula is C52H33N3. The van der Waals surface area contributed by atoms with E-state index in [4.69, 9.17) is 9.97 Å². The third-order valence-corrected chi connectivity index (χ3v) is 10.9. The van der Waals surface area contributed by atoms with Gasteiger partial charge in [-0.2, -0.15) is 0 Å². The predicted molar refractivity (Wildman–Crippen MR) is 229 cm³/mol. The van der Waals surface area contributed by atoms with Crippen molar-refractivity contribution in [1.29, 1.82) is 0 Å². The van der Waals surface area contributed by atoms with Crippen molar-refractivity contribution in [3.8, 4) is 67.3 Å². The molecule has 55 heavy (non-hydrogen) atoms. The van der Waals surface area contributed by atoms with Gasteiger partial charge < -0.3 is 4.40 Å². The quantitative estimate of drug-likeness (QED) is 0.173. The molecule has 0 aliphatic carbocycles. The molecule has 0 amide bonds. The molecule has 0 radical (unpaired) electrons. The number of rotatable bonds is 6. The van der Waals surface area contributed by atoms with E-state index in [0.29, 0.717) is 5.82 Å². The maximum Gasteiger partial charge on any atom is 0.160 e. The summed E-state index contributed by atoms with van der Waals surface area (Å²) in [7, 11) is 0. The largest absolute Gasteiger partial charge is 0.308 e. The van der Waals surface area contributed by atoms with Crippen LogP contribution >= 0.6 is 0 Å². The highest BCUT2D eigenvalue weighted by atomic mass is 14.9. The Labute approximate surface area is 318 Å². The second kappa shape index (κ2) is 12.6. The average Bonchev–Trinajstić information content (AvgIpc) is 3.80. The first-order valence-electron chi connectivity index (χ1n) is 18.7. The van der Waals surface area contributed by atoms with Crippen LogP contribution in [0.4, 0.5) is 0 Å². The van der Waals surface area contributed by atoms with Crippen LogP contribution in [-0.2, 0) is 0 Å². The van der Waals surface area contributed by atoms with Gasteiger partial charge >= 0.3 is 0 Å². The number of hydrogen-bond donors (Lipinski definition) is 0. The Kier molecular flexibility index (Phi) is 7.17. The lowest BCUT2D eigenvalue weighted by molar-refractivity contribution is 1.18. The van der Waals surface area contributed by atoms with Crippen LogP contribution in [0.2, 0.25) is 0 Å². The first-order valence-corrected chi connectivity index (χ1v) is 18.7. The summed E-state index contributed by atoms with van der Waals surface area (Å²) in [5, 5.41) is 5.16. The highest BCUT2D eigenvalue weighted by Gasteiger charge is 2.20. The zero-order valence-electron chi connectivity index (χ0n) is 29.9. The third-order valence-electron chi connectivity index (χ3n) is 10.9. The van der Waals surface area contributed by atoms with Crippen LogP contribution in [0.25, 0.3) is 105 Å². The van der Waals surface area contributed by atoms with E-state index in [0.717, 1.165) is 39.2 Å². The van der Waals surface area contributed by atoms with Crippen molar-refractivity contribution in [3.63, 3.8) is 0 Å². The fraction of sp³-hybridized carbons (Fsp3) is 0. The SMILES string of the molecule is c1ccc(-c2cc(-c3cccc(-c4cccc(-c5ccc6c7cccc8c9c(-c%10ccccc%10)cccc9n(c6c5)c78)c4)c3)nc(-c3ccccc3)n2)cc1. The molecule has 0 aliphatic heterocycles. The molecule has 11 rings (SSSR count). The fourth-order valence-electron chi connectivity index (χ4n) is 8.37. The lowest BCUT2D eigenvalue weighted by Crippen LogP contribution is -1.96. The van der Waals surface area contributed by atoms with Gasteiger partial charge in [0.2, 0.25) is 0 Å². The number of benzene rings is 8. The van der Waals surface area contributed by atoms with Crippen molar-refractivity contribution < 1.29 is 0 Å². The van der Waals surface area contributed by atoms with Gasteiger partial charge in [0, 0.05) is 38.2 Å². The molecule has 0 saturated heterocycles. The van der Waals surface area contributed by atoms with E-state index in [2.05, 4.69) is 180 Å². The Morgan fingerprint density at radius 1 is 0.309 bits per heavy atom. The first-order chi connectivity index (χ1) is 27.3. The van der Waals surface area contributed by atoms with Crippen molar-refractivity contribution in [3.05, 3.63) is 200 Å². The summed E-state index contributed by atoms with van der Waals surface area (Å²) in [6, 6.07) is 71.4. The Balaban J connectivity index is 1.02. The summed E-state index contributed by atoms with van der Waals surface area (Å²) in [5.41, 5.74) is 15.8. The molecule has 8 aromatic carbocycles. The average molecular weight is 700 g/mol. The highest BCUT2D eigenvalue weighted by molar-refractivity contribution is 6.26. The summed E-state index contributed by atoms with van der Waals surface area (Å²) in [4.78, 5) is 10.1. The molecule has 0 spiro atoms. The number of aromatic nitrogens is 3. The summed E-state index contributed by atoms with van der Waals surface area (Å²) in [6.07, 6.45) is 0. The Hall–Kier alpha value is -7.36. The lowest BCUT2D eigenvalue weighted by Gasteiger charge is -2.11. The van der Waals surface area contributed by atoms with E-state index in [1.807, 2.05) is 24.3 Å². The Morgan fingerprint density at radius 2 is 0.836 bits per heavy atom. The molecule has 0 aliphatic rings. The predicted octanol–water partition coefficient (Wildman–Crippen LogP) is 13.6. The number of hydrogen-bond acceptors (Lipinski definition) is 2. The molecule has 0 saturated carbocycles. The lowest BCUT2D eigenvalue weighted by atomic mass is 9.96. The summed E-state index contributed by atoms with van der Waals surface area (Å²) >= 11 is 0. The Morgan fingerprint density at radius 3 is 1.55 bits per heavy atom. The maximum atomic E-state index is 5.09. The summed E-state index contributed by atoms with van der Waals surface area (Å²) < 4.78 is 2.48. The van der Waals surface area contributed by atoms with Gasteiger partial charge in [-0.05, 0) is 63.7 Å². The second-order valence-corrected chi connectivity index (χ2v) is 14.2. The van der Waals surface area contributed by atoms with E-state index in [1.54, 1.807) is 0 Å². The normalized spacial score (nSPS) is 11.6. The fourth-order valence-corrected chi connectivity index (χ4v) is 8.37. The van der Waals surface area contributed by atoms with E-state index in [9.17, 15) is 0 Å². The molecule has 3 aromatic heterocycles. The number of fused-ring (bicyclic) bond motifs is 6. The minimum absolute atomic E-state index is 0.715. The van der Waals surface area contributed by atoms with Gasteiger partial charge in [0.15, 0.2) is 5.82 Å². The minimum atomic E-state index is 0.715. The maximum absolute atomic E-state index is 5.09. The van der Waals surface area contributed by atoms with Gasteiger partial charge in [0.25, 0.3) is 0 Å². The van der Waals surface area contributed by atoms with Crippen LogP contribution < -0.4 is 0 Å². The van der Waals surface area contributed by atoms with E-state index in [-0.39, 0.29) is 0 Å². The zero-order chi connectivity index (χ0) is 36.3. The van der Waals surface area contributed by atoms with E-state index in [1.165, 1.54) is 60.3 Å². The van der Waals surface area contributed by atoms with E-state index < -0.39 is 0 Å². The second-order valence-electron chi connectivity index (χ2n) is 14.2. The van der Waals surface area contributed by atoms with Gasteiger partial charge in [-0.15, -0.1) is 0 Å². The molecule has 0 N–H and O–H groups in total. The zero-order valence-corrected chi connectivity index (χ0v) is 29.9. The van der Waals surface area contributed by atoms with Crippen LogP contribution in [0.1, 0.15) is 0 Å². The molecule has 3 heteroatoms.